The van der Waals surface area contributed by atoms with Crippen LogP contribution in [0.4, 0.5) is 14.6 Å². The molecule has 2 aromatic heterocycles. The number of nitrogens with zero attached hydrogens (tertiary/aromatic N) is 5. The zero-order chi connectivity index (χ0) is 21.3. The van der Waals surface area contributed by atoms with Gasteiger partial charge >= 0.3 is 0 Å². The normalized spacial score (nSPS) is 18.9. The highest BCUT2D eigenvalue weighted by Crippen LogP contribution is 2.46. The van der Waals surface area contributed by atoms with Crippen molar-refractivity contribution < 1.29 is 13.6 Å². The van der Waals surface area contributed by atoms with E-state index in [0.29, 0.717) is 17.2 Å². The molecule has 1 fully saturated rings. The third-order valence-electron chi connectivity index (χ3n) is 5.21. The summed E-state index contributed by atoms with van der Waals surface area (Å²) in [6, 6.07) is 10.5. The second-order valence-corrected chi connectivity index (χ2v) is 8.33. The lowest BCUT2D eigenvalue weighted by Gasteiger charge is -2.23. The number of tetrazole rings is 1. The number of amides is 1. The molecule has 1 amide bonds. The average molecular weight is 477 g/mol. The van der Waals surface area contributed by atoms with Crippen LogP contribution in [0.3, 0.4) is 0 Å². The first-order chi connectivity index (χ1) is 14.3. The van der Waals surface area contributed by atoms with E-state index >= 15 is 0 Å². The third kappa shape index (κ3) is 4.53. The Morgan fingerprint density at radius 2 is 2.07 bits per heavy atom. The Balaban J connectivity index is 1.62. The van der Waals surface area contributed by atoms with Crippen molar-refractivity contribution in [2.45, 2.75) is 31.1 Å². The number of pyridine rings is 1. The number of halogens is 3. The van der Waals surface area contributed by atoms with E-state index < -0.39 is 17.8 Å². The first kappa shape index (κ1) is 20.5. The molecule has 0 spiro atoms. The lowest BCUT2D eigenvalue weighted by Crippen LogP contribution is -2.27. The van der Waals surface area contributed by atoms with Gasteiger partial charge in [-0.25, -0.2) is 13.8 Å². The molecule has 10 heteroatoms. The van der Waals surface area contributed by atoms with E-state index in [1.807, 2.05) is 0 Å². The summed E-state index contributed by atoms with van der Waals surface area (Å²) in [5.74, 6) is -3.47. The molecule has 1 aromatic carbocycles. The minimum Gasteiger partial charge on any atom is -0.310 e. The number of hydrogen-bond donors (Lipinski definition) is 1. The Morgan fingerprint density at radius 3 is 2.67 bits per heavy atom. The minimum atomic E-state index is -2.75. The van der Waals surface area contributed by atoms with Gasteiger partial charge in [-0.05, 0) is 35.2 Å². The summed E-state index contributed by atoms with van der Waals surface area (Å²) >= 11 is 3.34. The van der Waals surface area contributed by atoms with Crippen molar-refractivity contribution in [1.82, 2.24) is 25.2 Å². The van der Waals surface area contributed by atoms with Crippen molar-refractivity contribution in [2.24, 2.45) is 13.0 Å². The van der Waals surface area contributed by atoms with Gasteiger partial charge in [0, 0.05) is 29.1 Å². The number of benzene rings is 1. The number of aryl methyl sites for hydroxylation is 1. The molecule has 0 radical (unpaired) electrons. The topological polar surface area (TPSA) is 85.6 Å². The van der Waals surface area contributed by atoms with E-state index in [1.54, 1.807) is 49.6 Å². The van der Waals surface area contributed by atoms with Crippen LogP contribution in [0, 0.1) is 5.92 Å². The lowest BCUT2D eigenvalue weighted by molar-refractivity contribution is -0.118. The largest absolute Gasteiger partial charge is 0.310 e. The molecule has 30 heavy (non-hydrogen) atoms. The van der Waals surface area contributed by atoms with Crippen LogP contribution >= 0.6 is 15.9 Å². The monoisotopic (exact) mass is 476 g/mol. The Kier molecular flexibility index (Phi) is 5.59. The summed E-state index contributed by atoms with van der Waals surface area (Å²) in [6.45, 7) is 0. The van der Waals surface area contributed by atoms with E-state index in [2.05, 4.69) is 41.6 Å². The molecule has 0 aliphatic heterocycles. The highest BCUT2D eigenvalue weighted by molar-refractivity contribution is 9.10. The molecule has 1 aliphatic rings. The molecule has 156 valence electrons. The molecule has 4 rings (SSSR count). The molecule has 0 unspecified atom stereocenters. The fourth-order valence-corrected chi connectivity index (χ4v) is 4.16. The van der Waals surface area contributed by atoms with Crippen LogP contribution in [0.25, 0.3) is 11.4 Å². The number of anilines is 1. The molecule has 0 bridgehead atoms. The van der Waals surface area contributed by atoms with Crippen molar-refractivity contribution in [1.29, 1.82) is 0 Å². The second-order valence-electron chi connectivity index (χ2n) is 7.41. The fraction of sp³-hybridized carbons (Fsp3) is 0.350. The maximum absolute atomic E-state index is 13.9. The molecule has 1 saturated carbocycles. The molecule has 1 N–H and O–H groups in total. The van der Waals surface area contributed by atoms with Gasteiger partial charge in [0.15, 0.2) is 0 Å². The maximum atomic E-state index is 13.9. The summed E-state index contributed by atoms with van der Waals surface area (Å²) in [7, 11) is 1.67. The molecular weight excluding hydrogens is 458 g/mol. The second kappa shape index (κ2) is 8.17. The lowest BCUT2D eigenvalue weighted by atomic mass is 9.83. The third-order valence-corrected chi connectivity index (χ3v) is 5.70. The number of hydrogen-bond acceptors (Lipinski definition) is 5. The zero-order valence-electron chi connectivity index (χ0n) is 16.1. The highest BCUT2D eigenvalue weighted by atomic mass is 79.9. The summed E-state index contributed by atoms with van der Waals surface area (Å²) in [5.41, 5.74) is 1.40. The van der Waals surface area contributed by atoms with Gasteiger partial charge in [-0.3, -0.25) is 4.79 Å². The van der Waals surface area contributed by atoms with Crippen molar-refractivity contribution >= 4 is 27.7 Å². The van der Waals surface area contributed by atoms with E-state index in [1.165, 1.54) is 4.80 Å². The van der Waals surface area contributed by atoms with E-state index in [4.69, 9.17) is 0 Å². The standard InChI is InChI=1S/C20H19BrF2N6O/c1-29-27-18(26-28-29)13-4-2-12(3-5-13)17(14-6-8-20(22,23)11-14)19(30)25-16-10-15(21)7-9-24-16/h2-5,7,9-10,14,17H,6,8,11H2,1H3,(H,24,25,30)/t14-,17+/m0/s1. The first-order valence-corrected chi connectivity index (χ1v) is 10.2. The smallest absolute Gasteiger partial charge is 0.248 e. The van der Waals surface area contributed by atoms with Crippen molar-refractivity contribution in [2.75, 3.05) is 5.32 Å². The number of carbonyl (C=O) groups excluding carboxylic acids is 1. The van der Waals surface area contributed by atoms with E-state index in [-0.39, 0.29) is 25.2 Å². The van der Waals surface area contributed by atoms with Crippen LogP contribution in [0.5, 0.6) is 0 Å². The van der Waals surface area contributed by atoms with E-state index in [0.717, 1.165) is 10.0 Å². The fourth-order valence-electron chi connectivity index (χ4n) is 3.82. The Morgan fingerprint density at radius 1 is 1.30 bits per heavy atom. The predicted octanol–water partition coefficient (Wildman–Crippen LogP) is 4.19. The van der Waals surface area contributed by atoms with Crippen LogP contribution in [-0.4, -0.2) is 37.0 Å². The summed E-state index contributed by atoms with van der Waals surface area (Å²) in [5, 5.41) is 14.7. The maximum Gasteiger partial charge on any atom is 0.248 e. The van der Waals surface area contributed by atoms with Crippen LogP contribution in [0.2, 0.25) is 0 Å². The van der Waals surface area contributed by atoms with Crippen LogP contribution < -0.4 is 5.32 Å². The minimum absolute atomic E-state index is 0.210. The molecule has 2 atom stereocenters. The molecule has 0 saturated heterocycles. The Bertz CT molecular complexity index is 1060. The molecule has 7 nitrogen and oxygen atoms in total. The number of carbonyl (C=O) groups is 1. The van der Waals surface area contributed by atoms with Crippen LogP contribution in [0.15, 0.2) is 47.1 Å². The summed E-state index contributed by atoms with van der Waals surface area (Å²) in [6.07, 6.45) is 1.31. The Labute approximate surface area is 180 Å². The van der Waals surface area contributed by atoms with Crippen molar-refractivity contribution in [3.63, 3.8) is 0 Å². The van der Waals surface area contributed by atoms with Crippen LogP contribution in [-0.2, 0) is 11.8 Å². The van der Waals surface area contributed by atoms with Gasteiger partial charge in [0.1, 0.15) is 5.82 Å². The van der Waals surface area contributed by atoms with Gasteiger partial charge in [0.25, 0.3) is 0 Å². The molecule has 1 aliphatic carbocycles. The summed E-state index contributed by atoms with van der Waals surface area (Å²) < 4.78 is 28.6. The predicted molar refractivity (Wildman–Crippen MR) is 110 cm³/mol. The number of alkyl halides is 2. The van der Waals surface area contributed by atoms with Gasteiger partial charge in [-0.15, -0.1) is 10.2 Å². The molecular formula is C20H19BrF2N6O. The SMILES string of the molecule is Cn1nnc(-c2ccc([C@@H](C(=O)Nc3cc(Br)ccn3)[C@H]3CCC(F)(F)C3)cc2)n1. The van der Waals surface area contributed by atoms with Gasteiger partial charge in [-0.1, -0.05) is 40.2 Å². The van der Waals surface area contributed by atoms with Gasteiger partial charge in [-0.2, -0.15) is 4.80 Å². The number of rotatable bonds is 5. The van der Waals surface area contributed by atoms with Crippen LogP contribution in [0.1, 0.15) is 30.7 Å². The number of aromatic nitrogens is 5. The van der Waals surface area contributed by atoms with Crippen molar-refractivity contribution in [3.05, 3.63) is 52.6 Å². The zero-order valence-corrected chi connectivity index (χ0v) is 17.7. The van der Waals surface area contributed by atoms with Gasteiger partial charge < -0.3 is 5.32 Å². The average Bonchev–Trinajstić information content (AvgIpc) is 3.28. The number of nitrogens with one attached hydrogen (secondary N) is 1. The van der Waals surface area contributed by atoms with Crippen molar-refractivity contribution in [3.8, 4) is 11.4 Å². The molecule has 3 aromatic rings. The highest BCUT2D eigenvalue weighted by Gasteiger charge is 2.45. The van der Waals surface area contributed by atoms with E-state index in [9.17, 15) is 13.6 Å². The Hall–Kier alpha value is -2.75. The molecule has 2 heterocycles. The first-order valence-electron chi connectivity index (χ1n) is 9.45. The summed E-state index contributed by atoms with van der Waals surface area (Å²) in [4.78, 5) is 18.6. The van der Waals surface area contributed by atoms with Gasteiger partial charge in [0.05, 0.1) is 13.0 Å². The van der Waals surface area contributed by atoms with Gasteiger partial charge in [0.2, 0.25) is 17.7 Å². The quantitative estimate of drug-likeness (QED) is 0.596.